The van der Waals surface area contributed by atoms with E-state index in [9.17, 15) is 0 Å². The molecule has 3 heteroatoms. The minimum absolute atomic E-state index is 0.493. The highest BCUT2D eigenvalue weighted by Crippen LogP contribution is 2.20. The zero-order valence-electron chi connectivity index (χ0n) is 11.4. The lowest BCUT2D eigenvalue weighted by Gasteiger charge is -2.24. The quantitative estimate of drug-likeness (QED) is 0.831. The third-order valence-electron chi connectivity index (χ3n) is 3.40. The number of aromatic nitrogens is 2. The summed E-state index contributed by atoms with van der Waals surface area (Å²) >= 11 is 0. The third-order valence-corrected chi connectivity index (χ3v) is 3.40. The molecule has 0 radical (unpaired) electrons. The lowest BCUT2D eigenvalue weighted by Crippen LogP contribution is -2.31. The first-order valence-corrected chi connectivity index (χ1v) is 6.17. The van der Waals surface area contributed by atoms with E-state index in [1.165, 1.54) is 5.69 Å². The molecule has 0 saturated heterocycles. The number of imidazole rings is 1. The second-order valence-electron chi connectivity index (χ2n) is 5.10. The molecular weight excluding hydrogens is 198 g/mol. The molecule has 0 aliphatic heterocycles. The molecule has 0 fully saturated rings. The van der Waals surface area contributed by atoms with E-state index in [2.05, 4.69) is 56.4 Å². The van der Waals surface area contributed by atoms with E-state index in [1.54, 1.807) is 0 Å². The van der Waals surface area contributed by atoms with Crippen molar-refractivity contribution in [2.24, 2.45) is 5.92 Å². The molecule has 92 valence electrons. The normalized spacial score (nSPS) is 15.4. The highest BCUT2D eigenvalue weighted by atomic mass is 15.1. The number of hydrogen-bond donors (Lipinski definition) is 1. The topological polar surface area (TPSA) is 29.9 Å². The Kier molecular flexibility index (Phi) is 4.54. The van der Waals surface area contributed by atoms with Gasteiger partial charge in [-0.3, -0.25) is 0 Å². The molecule has 1 aromatic heterocycles. The predicted molar refractivity (Wildman–Crippen MR) is 68.7 cm³/mol. The van der Waals surface area contributed by atoms with Crippen LogP contribution in [-0.2, 0) is 0 Å². The van der Waals surface area contributed by atoms with Crippen molar-refractivity contribution < 1.29 is 0 Å². The van der Waals surface area contributed by atoms with Gasteiger partial charge in [-0.15, -0.1) is 0 Å². The third kappa shape index (κ3) is 3.08. The molecule has 0 spiro atoms. The van der Waals surface area contributed by atoms with Gasteiger partial charge in [-0.05, 0) is 33.2 Å². The van der Waals surface area contributed by atoms with Crippen LogP contribution in [0.4, 0.5) is 0 Å². The van der Waals surface area contributed by atoms with E-state index in [0.717, 1.165) is 12.2 Å². The summed E-state index contributed by atoms with van der Waals surface area (Å²) in [5.41, 5.74) is 2.42. The lowest BCUT2D eigenvalue weighted by atomic mass is 10.0. The van der Waals surface area contributed by atoms with Crippen LogP contribution in [0.5, 0.6) is 0 Å². The summed E-state index contributed by atoms with van der Waals surface area (Å²) in [6.45, 7) is 14.2. The Morgan fingerprint density at radius 2 is 1.88 bits per heavy atom. The first-order chi connectivity index (χ1) is 7.43. The van der Waals surface area contributed by atoms with Gasteiger partial charge >= 0.3 is 0 Å². The van der Waals surface area contributed by atoms with Crippen LogP contribution in [0.25, 0.3) is 0 Å². The van der Waals surface area contributed by atoms with Crippen LogP contribution >= 0.6 is 0 Å². The second-order valence-corrected chi connectivity index (χ2v) is 5.10. The Morgan fingerprint density at radius 1 is 1.25 bits per heavy atom. The molecule has 1 rings (SSSR count). The van der Waals surface area contributed by atoms with Gasteiger partial charge in [0.2, 0.25) is 0 Å². The van der Waals surface area contributed by atoms with Crippen LogP contribution in [0.2, 0.25) is 0 Å². The highest BCUT2D eigenvalue weighted by molar-refractivity contribution is 5.09. The molecule has 2 unspecified atom stereocenters. The van der Waals surface area contributed by atoms with Gasteiger partial charge in [-0.1, -0.05) is 20.8 Å². The Balaban J connectivity index is 2.63. The maximum Gasteiger partial charge on any atom is 0.0954 e. The largest absolute Gasteiger partial charge is 0.332 e. The number of nitrogens with zero attached hydrogens (tertiary/aromatic N) is 2. The summed E-state index contributed by atoms with van der Waals surface area (Å²) < 4.78 is 2.28. The van der Waals surface area contributed by atoms with Crippen molar-refractivity contribution in [1.29, 1.82) is 0 Å². The fourth-order valence-corrected chi connectivity index (χ4v) is 1.79. The van der Waals surface area contributed by atoms with Crippen molar-refractivity contribution in [2.45, 2.75) is 53.6 Å². The first-order valence-electron chi connectivity index (χ1n) is 6.17. The van der Waals surface area contributed by atoms with E-state index in [4.69, 9.17) is 0 Å². The van der Waals surface area contributed by atoms with Crippen LogP contribution in [0.1, 0.15) is 45.1 Å². The van der Waals surface area contributed by atoms with E-state index in [1.807, 2.05) is 6.33 Å². The molecular formula is C13H25N3. The van der Waals surface area contributed by atoms with Crippen molar-refractivity contribution in [3.05, 3.63) is 17.7 Å². The molecule has 1 N–H and O–H groups in total. The van der Waals surface area contributed by atoms with E-state index >= 15 is 0 Å². The minimum atomic E-state index is 0.493. The van der Waals surface area contributed by atoms with Crippen LogP contribution < -0.4 is 5.32 Å². The maximum atomic E-state index is 4.36. The molecule has 0 aliphatic carbocycles. The van der Waals surface area contributed by atoms with Gasteiger partial charge in [-0.2, -0.15) is 0 Å². The van der Waals surface area contributed by atoms with Crippen LogP contribution in [0, 0.1) is 19.8 Å². The molecule has 1 aromatic rings. The van der Waals surface area contributed by atoms with E-state index in [-0.39, 0.29) is 0 Å². The van der Waals surface area contributed by atoms with Crippen molar-refractivity contribution in [3.8, 4) is 0 Å². The predicted octanol–water partition coefficient (Wildman–Crippen LogP) is 2.70. The fraction of sp³-hybridized carbons (Fsp3) is 0.769. The first kappa shape index (κ1) is 13.2. The van der Waals surface area contributed by atoms with Crippen molar-refractivity contribution >= 4 is 0 Å². The van der Waals surface area contributed by atoms with Crippen molar-refractivity contribution in [1.82, 2.24) is 14.9 Å². The maximum absolute atomic E-state index is 4.36. The van der Waals surface area contributed by atoms with Crippen molar-refractivity contribution in [3.63, 3.8) is 0 Å². The van der Waals surface area contributed by atoms with Crippen LogP contribution in [-0.4, -0.2) is 22.1 Å². The fourth-order valence-electron chi connectivity index (χ4n) is 1.79. The number of nitrogens with one attached hydrogen (secondary N) is 1. The Hall–Kier alpha value is -0.830. The Bertz CT molecular complexity index is 328. The number of aryl methyl sites for hydroxylation is 1. The average Bonchev–Trinajstić information content (AvgIpc) is 2.55. The van der Waals surface area contributed by atoms with Crippen molar-refractivity contribution in [2.75, 3.05) is 6.54 Å². The SMILES string of the molecule is Cc1ncn(C(C)C(C)CNC(C)C)c1C. The zero-order chi connectivity index (χ0) is 12.3. The Morgan fingerprint density at radius 3 is 2.31 bits per heavy atom. The standard InChI is InChI=1S/C13H25N3/c1-9(2)14-7-10(3)12(5)16-8-15-11(4)13(16)6/h8-10,12,14H,7H2,1-6H3. The Labute approximate surface area is 99.3 Å². The summed E-state index contributed by atoms with van der Waals surface area (Å²) in [4.78, 5) is 4.36. The monoisotopic (exact) mass is 223 g/mol. The van der Waals surface area contributed by atoms with Crippen LogP contribution in [0.15, 0.2) is 6.33 Å². The van der Waals surface area contributed by atoms with Gasteiger partial charge in [0.25, 0.3) is 0 Å². The lowest BCUT2D eigenvalue weighted by molar-refractivity contribution is 0.347. The summed E-state index contributed by atoms with van der Waals surface area (Å²) in [6, 6.07) is 1.05. The van der Waals surface area contributed by atoms with Gasteiger partial charge in [0.1, 0.15) is 0 Å². The molecule has 1 heterocycles. The van der Waals surface area contributed by atoms with Gasteiger partial charge in [-0.25, -0.2) is 4.98 Å². The van der Waals surface area contributed by atoms with Gasteiger partial charge < -0.3 is 9.88 Å². The molecule has 0 amide bonds. The second kappa shape index (κ2) is 5.48. The molecule has 0 bridgehead atoms. The molecule has 16 heavy (non-hydrogen) atoms. The summed E-state index contributed by atoms with van der Waals surface area (Å²) in [5.74, 6) is 0.606. The average molecular weight is 223 g/mol. The summed E-state index contributed by atoms with van der Waals surface area (Å²) in [5, 5.41) is 3.49. The summed E-state index contributed by atoms with van der Waals surface area (Å²) in [7, 11) is 0. The molecule has 3 nitrogen and oxygen atoms in total. The van der Waals surface area contributed by atoms with E-state index in [0.29, 0.717) is 18.0 Å². The number of hydrogen-bond acceptors (Lipinski definition) is 2. The molecule has 0 aromatic carbocycles. The molecule has 0 aliphatic rings. The molecule has 0 saturated carbocycles. The van der Waals surface area contributed by atoms with Gasteiger partial charge in [0, 0.05) is 17.8 Å². The summed E-state index contributed by atoms with van der Waals surface area (Å²) in [6.07, 6.45) is 1.96. The van der Waals surface area contributed by atoms with Crippen LogP contribution in [0.3, 0.4) is 0 Å². The van der Waals surface area contributed by atoms with E-state index < -0.39 is 0 Å². The smallest absolute Gasteiger partial charge is 0.0954 e. The van der Waals surface area contributed by atoms with Gasteiger partial charge in [0.15, 0.2) is 0 Å². The van der Waals surface area contributed by atoms with Gasteiger partial charge in [0.05, 0.1) is 12.0 Å². The zero-order valence-corrected chi connectivity index (χ0v) is 11.4. The molecule has 2 atom stereocenters. The number of rotatable bonds is 5. The minimum Gasteiger partial charge on any atom is -0.332 e. The highest BCUT2D eigenvalue weighted by Gasteiger charge is 2.16.